The maximum atomic E-state index is 12.2. The number of pyridine rings is 1. The zero-order valence-corrected chi connectivity index (χ0v) is 11.6. The van der Waals surface area contributed by atoms with Crippen molar-refractivity contribution in [2.45, 2.75) is 13.0 Å². The van der Waals surface area contributed by atoms with Crippen LogP contribution in [-0.2, 0) is 6.54 Å². The molecular formula is C13H11N3OS2. The van der Waals surface area contributed by atoms with Crippen LogP contribution in [0.15, 0.2) is 34.4 Å². The minimum atomic E-state index is -0.301. The quantitative estimate of drug-likeness (QED) is 0.875. The molecule has 2 aromatic rings. The molecule has 2 heterocycles. The lowest BCUT2D eigenvalue weighted by atomic mass is 10.2. The number of hydrogen-bond donors (Lipinski definition) is 1. The van der Waals surface area contributed by atoms with Crippen LogP contribution in [-0.4, -0.2) is 9.56 Å². The van der Waals surface area contributed by atoms with Crippen LogP contribution in [0.1, 0.15) is 12.0 Å². The molecule has 0 aliphatic carbocycles. The van der Waals surface area contributed by atoms with Gasteiger partial charge < -0.3 is 10.3 Å². The number of thiocarbonyl (C=S) groups is 1. The Labute approximate surface area is 119 Å². The summed E-state index contributed by atoms with van der Waals surface area (Å²) in [5.41, 5.74) is 6.10. The van der Waals surface area contributed by atoms with E-state index >= 15 is 0 Å². The van der Waals surface area contributed by atoms with Crippen molar-refractivity contribution in [1.29, 1.82) is 5.26 Å². The van der Waals surface area contributed by atoms with Gasteiger partial charge in [-0.3, -0.25) is 4.79 Å². The van der Waals surface area contributed by atoms with Crippen LogP contribution in [0.5, 0.6) is 0 Å². The minimum Gasteiger partial charge on any atom is -0.393 e. The van der Waals surface area contributed by atoms with Gasteiger partial charge in [0.05, 0.1) is 15.6 Å². The molecule has 0 aromatic carbocycles. The normalized spacial score (nSPS) is 10.1. The average Bonchev–Trinajstić information content (AvgIpc) is 2.90. The molecule has 0 saturated carbocycles. The second kappa shape index (κ2) is 5.78. The van der Waals surface area contributed by atoms with Gasteiger partial charge in [0.2, 0.25) is 0 Å². The fourth-order valence-corrected chi connectivity index (χ4v) is 2.60. The number of aromatic nitrogens is 1. The Hall–Kier alpha value is -1.97. The molecule has 0 unspecified atom stereocenters. The summed E-state index contributed by atoms with van der Waals surface area (Å²) in [7, 11) is 0. The number of nitrogens with zero attached hydrogens (tertiary/aromatic N) is 2. The van der Waals surface area contributed by atoms with E-state index in [9.17, 15) is 4.79 Å². The van der Waals surface area contributed by atoms with Gasteiger partial charge >= 0.3 is 0 Å². The SMILES string of the molecule is N#Cc1ccc(-c2cccs2)n(CCC(N)=S)c1=O. The summed E-state index contributed by atoms with van der Waals surface area (Å²) in [5.74, 6) is 0. The van der Waals surface area contributed by atoms with E-state index in [1.54, 1.807) is 16.7 Å². The Morgan fingerprint density at radius 3 is 2.84 bits per heavy atom. The number of nitrogens with two attached hydrogens (primary N) is 1. The van der Waals surface area contributed by atoms with Crippen LogP contribution < -0.4 is 11.3 Å². The number of hydrogen-bond acceptors (Lipinski definition) is 4. The summed E-state index contributed by atoms with van der Waals surface area (Å²) >= 11 is 6.38. The van der Waals surface area contributed by atoms with E-state index in [-0.39, 0.29) is 11.1 Å². The first-order valence-electron chi connectivity index (χ1n) is 5.59. The molecule has 96 valence electrons. The Kier molecular flexibility index (Phi) is 4.10. The fourth-order valence-electron chi connectivity index (χ4n) is 1.75. The summed E-state index contributed by atoms with van der Waals surface area (Å²) in [6, 6.07) is 9.09. The largest absolute Gasteiger partial charge is 0.393 e. The van der Waals surface area contributed by atoms with Crippen molar-refractivity contribution < 1.29 is 0 Å². The van der Waals surface area contributed by atoms with E-state index in [0.717, 1.165) is 10.6 Å². The number of thiophene rings is 1. The molecule has 0 radical (unpaired) electrons. The van der Waals surface area contributed by atoms with Gasteiger partial charge in [0, 0.05) is 13.0 Å². The second-order valence-electron chi connectivity index (χ2n) is 3.89. The first-order valence-corrected chi connectivity index (χ1v) is 6.88. The monoisotopic (exact) mass is 289 g/mol. The smallest absolute Gasteiger partial charge is 0.268 e. The molecule has 4 nitrogen and oxygen atoms in total. The topological polar surface area (TPSA) is 71.8 Å². The Bertz CT molecular complexity index is 696. The van der Waals surface area contributed by atoms with Crippen LogP contribution in [0.25, 0.3) is 10.6 Å². The molecule has 2 N–H and O–H groups in total. The van der Waals surface area contributed by atoms with Gasteiger partial charge in [0.1, 0.15) is 11.6 Å². The van der Waals surface area contributed by atoms with Gasteiger partial charge in [-0.2, -0.15) is 5.26 Å². The summed E-state index contributed by atoms with van der Waals surface area (Å²) in [6.07, 6.45) is 0.433. The van der Waals surface area contributed by atoms with Crippen molar-refractivity contribution in [3.05, 3.63) is 45.6 Å². The maximum absolute atomic E-state index is 12.2. The Morgan fingerprint density at radius 1 is 1.47 bits per heavy atom. The van der Waals surface area contributed by atoms with Gasteiger partial charge in [0.25, 0.3) is 5.56 Å². The zero-order valence-electron chi connectivity index (χ0n) is 10.00. The molecule has 0 saturated heterocycles. The van der Waals surface area contributed by atoms with Crippen LogP contribution in [0.2, 0.25) is 0 Å². The lowest BCUT2D eigenvalue weighted by Crippen LogP contribution is -2.26. The Morgan fingerprint density at radius 2 is 2.26 bits per heavy atom. The first kappa shape index (κ1) is 13.5. The average molecular weight is 289 g/mol. The zero-order chi connectivity index (χ0) is 13.8. The Balaban J connectivity index is 2.55. The molecule has 0 aliphatic rings. The summed E-state index contributed by atoms with van der Waals surface area (Å²) < 4.78 is 1.56. The fraction of sp³-hybridized carbons (Fsp3) is 0.154. The molecule has 0 bridgehead atoms. The maximum Gasteiger partial charge on any atom is 0.268 e. The summed E-state index contributed by atoms with van der Waals surface area (Å²) in [5, 5.41) is 10.9. The van der Waals surface area contributed by atoms with Crippen molar-refractivity contribution in [3.8, 4) is 16.6 Å². The van der Waals surface area contributed by atoms with Gasteiger partial charge in [-0.1, -0.05) is 18.3 Å². The number of rotatable bonds is 4. The lowest BCUT2D eigenvalue weighted by molar-refractivity contribution is 0.703. The van der Waals surface area contributed by atoms with Crippen LogP contribution >= 0.6 is 23.6 Å². The predicted molar refractivity (Wildman–Crippen MR) is 80.1 cm³/mol. The van der Waals surface area contributed by atoms with Crippen molar-refractivity contribution in [2.75, 3.05) is 0 Å². The first-order chi connectivity index (χ1) is 9.13. The third-order valence-corrected chi connectivity index (χ3v) is 3.75. The number of nitriles is 1. The predicted octanol–water partition coefficient (Wildman–Crippen LogP) is 2.12. The van der Waals surface area contributed by atoms with Crippen LogP contribution in [0, 0.1) is 11.3 Å². The van der Waals surface area contributed by atoms with E-state index < -0.39 is 0 Å². The van der Waals surface area contributed by atoms with Crippen molar-refractivity contribution in [3.63, 3.8) is 0 Å². The summed E-state index contributed by atoms with van der Waals surface area (Å²) in [4.78, 5) is 13.5. The van der Waals surface area contributed by atoms with Gasteiger partial charge in [-0.25, -0.2) is 0 Å². The van der Waals surface area contributed by atoms with Crippen molar-refractivity contribution in [1.82, 2.24) is 4.57 Å². The van der Waals surface area contributed by atoms with Gasteiger partial charge in [0.15, 0.2) is 0 Å². The molecule has 2 aromatic heterocycles. The molecule has 0 spiro atoms. The van der Waals surface area contributed by atoms with Crippen LogP contribution in [0.3, 0.4) is 0 Å². The van der Waals surface area contributed by atoms with E-state index in [4.69, 9.17) is 23.2 Å². The highest BCUT2D eigenvalue weighted by Gasteiger charge is 2.11. The molecule has 19 heavy (non-hydrogen) atoms. The minimum absolute atomic E-state index is 0.128. The molecule has 6 heteroatoms. The molecule has 0 fully saturated rings. The van der Waals surface area contributed by atoms with E-state index in [2.05, 4.69) is 0 Å². The van der Waals surface area contributed by atoms with Gasteiger partial charge in [-0.05, 0) is 23.6 Å². The molecule has 0 atom stereocenters. The van der Waals surface area contributed by atoms with Crippen molar-refractivity contribution >= 4 is 28.5 Å². The summed E-state index contributed by atoms with van der Waals surface area (Å²) in [6.45, 7) is 0.386. The third-order valence-electron chi connectivity index (χ3n) is 2.65. The molecule has 0 aliphatic heterocycles. The molecule has 2 rings (SSSR count). The lowest BCUT2D eigenvalue weighted by Gasteiger charge is -2.11. The van der Waals surface area contributed by atoms with E-state index in [1.807, 2.05) is 23.6 Å². The second-order valence-corrected chi connectivity index (χ2v) is 5.37. The van der Waals surface area contributed by atoms with Crippen LogP contribution in [0.4, 0.5) is 0 Å². The third kappa shape index (κ3) is 2.89. The highest BCUT2D eigenvalue weighted by Crippen LogP contribution is 2.23. The highest BCUT2D eigenvalue weighted by atomic mass is 32.1. The van der Waals surface area contributed by atoms with E-state index in [0.29, 0.717) is 18.0 Å². The van der Waals surface area contributed by atoms with Gasteiger partial charge in [-0.15, -0.1) is 11.3 Å². The highest BCUT2D eigenvalue weighted by molar-refractivity contribution is 7.80. The molecular weight excluding hydrogens is 278 g/mol. The van der Waals surface area contributed by atoms with E-state index in [1.165, 1.54) is 11.3 Å². The van der Waals surface area contributed by atoms with Crippen molar-refractivity contribution in [2.24, 2.45) is 5.73 Å². The standard InChI is InChI=1S/C13H11N3OS2/c14-8-9-3-4-10(11-2-1-7-19-11)16(13(9)17)6-5-12(15)18/h1-4,7H,5-6H2,(H2,15,18). The molecule has 0 amide bonds.